The van der Waals surface area contributed by atoms with E-state index < -0.39 is 0 Å². The smallest absolute Gasteiger partial charge is 0.255 e. The van der Waals surface area contributed by atoms with Crippen LogP contribution in [-0.4, -0.2) is 58.5 Å². The first-order chi connectivity index (χ1) is 11.7. The summed E-state index contributed by atoms with van der Waals surface area (Å²) in [4.78, 5) is 15.0. The van der Waals surface area contributed by atoms with Gasteiger partial charge in [-0.05, 0) is 32.4 Å². The minimum Gasteiger partial charge on any atom is -0.493 e. The number of aromatic nitrogens is 3. The van der Waals surface area contributed by atoms with Crippen molar-refractivity contribution in [3.63, 3.8) is 0 Å². The Morgan fingerprint density at radius 1 is 1.50 bits per heavy atom. The number of benzene rings is 1. The summed E-state index contributed by atoms with van der Waals surface area (Å²) >= 11 is 0. The zero-order chi connectivity index (χ0) is 16.9. The summed E-state index contributed by atoms with van der Waals surface area (Å²) in [5.74, 6) is 0.388. The number of nitrogens with one attached hydrogen (secondary N) is 2. The third kappa shape index (κ3) is 3.41. The molecule has 3 rings (SSSR count). The van der Waals surface area contributed by atoms with Crippen molar-refractivity contribution in [1.29, 1.82) is 0 Å². The van der Waals surface area contributed by atoms with Gasteiger partial charge < -0.3 is 10.1 Å². The lowest BCUT2D eigenvalue weighted by Gasteiger charge is -2.23. The van der Waals surface area contributed by atoms with Crippen molar-refractivity contribution in [1.82, 2.24) is 25.6 Å². The van der Waals surface area contributed by atoms with Gasteiger partial charge >= 0.3 is 0 Å². The second-order valence-corrected chi connectivity index (χ2v) is 5.88. The van der Waals surface area contributed by atoms with Crippen LogP contribution in [0.4, 0.5) is 0 Å². The number of H-pyrrole nitrogens is 1. The van der Waals surface area contributed by atoms with Crippen molar-refractivity contribution in [2.24, 2.45) is 0 Å². The van der Waals surface area contributed by atoms with Crippen molar-refractivity contribution in [3.05, 3.63) is 30.4 Å². The number of likely N-dealkylation sites (tertiary alicyclic amines) is 1. The number of amides is 1. The Bertz CT molecular complexity index is 727. The highest BCUT2D eigenvalue weighted by Crippen LogP contribution is 2.24. The molecule has 128 valence electrons. The highest BCUT2D eigenvalue weighted by molar-refractivity contribution is 6.00. The molecule has 1 aromatic heterocycles. The number of aromatic amines is 1. The molecule has 7 heteroatoms. The quantitative estimate of drug-likeness (QED) is 0.756. The third-order valence-electron chi connectivity index (χ3n) is 4.32. The summed E-state index contributed by atoms with van der Waals surface area (Å²) < 4.78 is 5.60. The maximum atomic E-state index is 12.6. The Labute approximate surface area is 141 Å². The van der Waals surface area contributed by atoms with Crippen molar-refractivity contribution in [3.8, 4) is 5.75 Å². The molecule has 0 aliphatic carbocycles. The predicted molar refractivity (Wildman–Crippen MR) is 92.2 cm³/mol. The van der Waals surface area contributed by atoms with Crippen LogP contribution in [0.3, 0.4) is 0 Å². The topological polar surface area (TPSA) is 83.1 Å². The van der Waals surface area contributed by atoms with Gasteiger partial charge in [0.1, 0.15) is 16.8 Å². The van der Waals surface area contributed by atoms with Crippen LogP contribution in [0.2, 0.25) is 0 Å². The van der Waals surface area contributed by atoms with Gasteiger partial charge in [-0.1, -0.05) is 6.08 Å². The Balaban J connectivity index is 1.73. The van der Waals surface area contributed by atoms with E-state index >= 15 is 0 Å². The number of carbonyl (C=O) groups excluding carboxylic acids is 1. The van der Waals surface area contributed by atoms with Gasteiger partial charge in [0.15, 0.2) is 0 Å². The van der Waals surface area contributed by atoms with E-state index in [0.29, 0.717) is 41.5 Å². The Morgan fingerprint density at radius 3 is 3.04 bits per heavy atom. The number of ether oxygens (including phenoxy) is 1. The molecule has 2 aromatic rings. The number of nitrogens with zero attached hydrogens (tertiary/aromatic N) is 3. The average Bonchev–Trinajstić information content (AvgIpc) is 3.21. The summed E-state index contributed by atoms with van der Waals surface area (Å²) in [6.07, 6.45) is 4.16. The van der Waals surface area contributed by atoms with Gasteiger partial charge in [-0.2, -0.15) is 15.4 Å². The minimum absolute atomic E-state index is 0.145. The molecular weight excluding hydrogens is 306 g/mol. The number of carbonyl (C=O) groups is 1. The van der Waals surface area contributed by atoms with Crippen LogP contribution >= 0.6 is 0 Å². The molecular formula is C17H23N5O2. The zero-order valence-corrected chi connectivity index (χ0v) is 13.9. The van der Waals surface area contributed by atoms with Gasteiger partial charge in [-0.3, -0.25) is 9.69 Å². The van der Waals surface area contributed by atoms with E-state index in [4.69, 9.17) is 4.74 Å². The van der Waals surface area contributed by atoms with Gasteiger partial charge in [0, 0.05) is 25.2 Å². The van der Waals surface area contributed by atoms with E-state index in [1.807, 2.05) is 13.0 Å². The van der Waals surface area contributed by atoms with E-state index in [1.165, 1.54) is 0 Å². The third-order valence-corrected chi connectivity index (χ3v) is 4.32. The van der Waals surface area contributed by atoms with Crippen LogP contribution in [-0.2, 0) is 0 Å². The monoisotopic (exact) mass is 329 g/mol. The highest BCUT2D eigenvalue weighted by Gasteiger charge is 2.24. The lowest BCUT2D eigenvalue weighted by atomic mass is 10.1. The number of rotatable bonds is 7. The molecule has 1 unspecified atom stereocenters. The van der Waals surface area contributed by atoms with E-state index in [9.17, 15) is 4.79 Å². The van der Waals surface area contributed by atoms with Gasteiger partial charge in [0.25, 0.3) is 5.91 Å². The van der Waals surface area contributed by atoms with Crippen molar-refractivity contribution in [2.45, 2.75) is 25.8 Å². The Hall–Kier alpha value is -2.41. The summed E-state index contributed by atoms with van der Waals surface area (Å²) in [6, 6.07) is 3.82. The highest BCUT2D eigenvalue weighted by atomic mass is 16.5. The number of hydrogen-bond acceptors (Lipinski definition) is 5. The first kappa shape index (κ1) is 16.4. The molecule has 24 heavy (non-hydrogen) atoms. The second-order valence-electron chi connectivity index (χ2n) is 5.88. The molecule has 0 saturated carbocycles. The minimum atomic E-state index is -0.145. The molecule has 1 saturated heterocycles. The molecule has 1 amide bonds. The van der Waals surface area contributed by atoms with E-state index in [2.05, 4.69) is 32.2 Å². The fraction of sp³-hybridized carbons (Fsp3) is 0.471. The maximum Gasteiger partial charge on any atom is 0.255 e. The molecule has 1 aliphatic heterocycles. The summed E-state index contributed by atoms with van der Waals surface area (Å²) in [7, 11) is 0. The molecule has 1 atom stereocenters. The average molecular weight is 329 g/mol. The number of hydrogen-bond donors (Lipinski definition) is 2. The van der Waals surface area contributed by atoms with E-state index in [1.54, 1.807) is 12.1 Å². The first-order valence-corrected chi connectivity index (χ1v) is 8.33. The van der Waals surface area contributed by atoms with E-state index in [0.717, 1.165) is 25.9 Å². The van der Waals surface area contributed by atoms with Crippen LogP contribution < -0.4 is 10.1 Å². The molecule has 0 bridgehead atoms. The lowest BCUT2D eigenvalue weighted by Crippen LogP contribution is -2.40. The summed E-state index contributed by atoms with van der Waals surface area (Å²) in [5.41, 5.74) is 1.83. The molecule has 2 N–H and O–H groups in total. The molecule has 0 spiro atoms. The van der Waals surface area contributed by atoms with Crippen LogP contribution in [0.15, 0.2) is 24.8 Å². The standard InChI is InChI=1S/C17H23N5O2/c1-3-7-22-8-5-6-12(22)11-18-17(23)13-9-14-15(20-21-19-14)10-16(13)24-4-2/h3,9-10,12H,1,4-8,11H2,2H3,(H,18,23)(H,19,20,21). The Kier molecular flexibility index (Phi) is 5.10. The van der Waals surface area contributed by atoms with Crippen LogP contribution in [0, 0.1) is 0 Å². The first-order valence-electron chi connectivity index (χ1n) is 8.33. The van der Waals surface area contributed by atoms with Gasteiger partial charge in [-0.25, -0.2) is 0 Å². The molecule has 1 fully saturated rings. The van der Waals surface area contributed by atoms with Gasteiger partial charge in [0.2, 0.25) is 0 Å². The SMILES string of the molecule is C=CCN1CCCC1CNC(=O)c1cc2n[nH]nc2cc1OCC. The normalized spacial score (nSPS) is 18.0. The predicted octanol–water partition coefficient (Wildman–Crippen LogP) is 1.74. The summed E-state index contributed by atoms with van der Waals surface area (Å²) in [6.45, 7) is 8.70. The fourth-order valence-electron chi connectivity index (χ4n) is 3.16. The van der Waals surface area contributed by atoms with Gasteiger partial charge in [-0.15, -0.1) is 6.58 Å². The summed E-state index contributed by atoms with van der Waals surface area (Å²) in [5, 5.41) is 13.7. The van der Waals surface area contributed by atoms with Gasteiger partial charge in [0.05, 0.1) is 12.2 Å². The number of fused-ring (bicyclic) bond motifs is 1. The van der Waals surface area contributed by atoms with Crippen molar-refractivity contribution < 1.29 is 9.53 Å². The van der Waals surface area contributed by atoms with Crippen LogP contribution in [0.25, 0.3) is 11.0 Å². The van der Waals surface area contributed by atoms with Crippen LogP contribution in [0.5, 0.6) is 5.75 Å². The molecule has 2 heterocycles. The van der Waals surface area contributed by atoms with Crippen LogP contribution in [0.1, 0.15) is 30.1 Å². The second kappa shape index (κ2) is 7.44. The molecule has 1 aromatic carbocycles. The van der Waals surface area contributed by atoms with Crippen molar-refractivity contribution >= 4 is 16.9 Å². The molecule has 1 aliphatic rings. The Morgan fingerprint density at radius 2 is 2.29 bits per heavy atom. The zero-order valence-electron chi connectivity index (χ0n) is 13.9. The molecule has 0 radical (unpaired) electrons. The lowest BCUT2D eigenvalue weighted by molar-refractivity contribution is 0.0938. The van der Waals surface area contributed by atoms with E-state index in [-0.39, 0.29) is 5.91 Å². The maximum absolute atomic E-state index is 12.6. The largest absolute Gasteiger partial charge is 0.493 e. The van der Waals surface area contributed by atoms with Crippen molar-refractivity contribution in [2.75, 3.05) is 26.2 Å². The molecule has 7 nitrogen and oxygen atoms in total. The fourth-order valence-corrected chi connectivity index (χ4v) is 3.16.